The predicted octanol–water partition coefficient (Wildman–Crippen LogP) is 6.25. The standard InChI is InChI=1S/C27H26Cl3N3O3S/c28-20-7-10-22(11-8-20)37(35,36)33-14-12-18-6-9-21(15-26(18)33)31-27(34)19-3-2-13-32(16-19)17-23-24(29)4-1-5-25(23)30/h1,4-11,15,19H,2-3,12-14,16-17H2,(H,31,34)/t19-/m1/s1. The van der Waals surface area contributed by atoms with E-state index in [9.17, 15) is 13.2 Å². The van der Waals surface area contributed by atoms with Crippen molar-refractivity contribution in [2.75, 3.05) is 29.3 Å². The van der Waals surface area contributed by atoms with E-state index in [2.05, 4.69) is 10.2 Å². The number of piperidine rings is 1. The van der Waals surface area contributed by atoms with Crippen molar-refractivity contribution in [3.8, 4) is 0 Å². The number of likely N-dealkylation sites (tertiary alicyclic amines) is 1. The third kappa shape index (κ3) is 5.61. The van der Waals surface area contributed by atoms with Crippen LogP contribution in [0.4, 0.5) is 11.4 Å². The third-order valence-electron chi connectivity index (χ3n) is 6.93. The summed E-state index contributed by atoms with van der Waals surface area (Å²) in [5.41, 5.74) is 2.96. The number of carbonyl (C=O) groups is 1. The van der Waals surface area contributed by atoms with Crippen molar-refractivity contribution in [2.45, 2.75) is 30.7 Å². The molecule has 1 saturated heterocycles. The molecule has 1 amide bonds. The number of rotatable bonds is 6. The average Bonchev–Trinajstić information content (AvgIpc) is 3.31. The van der Waals surface area contributed by atoms with Crippen LogP contribution in [-0.4, -0.2) is 38.9 Å². The van der Waals surface area contributed by atoms with E-state index in [1.807, 2.05) is 30.3 Å². The van der Waals surface area contributed by atoms with Crippen molar-refractivity contribution >= 4 is 62.1 Å². The first-order chi connectivity index (χ1) is 17.7. The Balaban J connectivity index is 1.29. The maximum absolute atomic E-state index is 13.3. The zero-order chi connectivity index (χ0) is 26.2. The number of benzene rings is 3. The second-order valence-electron chi connectivity index (χ2n) is 9.39. The van der Waals surface area contributed by atoms with Crippen molar-refractivity contribution in [1.29, 1.82) is 0 Å². The van der Waals surface area contributed by atoms with Crippen LogP contribution in [-0.2, 0) is 27.8 Å². The van der Waals surface area contributed by atoms with Crippen LogP contribution in [0.15, 0.2) is 65.6 Å². The Morgan fingerprint density at radius 2 is 1.70 bits per heavy atom. The summed E-state index contributed by atoms with van der Waals surface area (Å²) >= 11 is 18.6. The molecule has 0 aromatic heterocycles. The normalized spacial score (nSPS) is 18.0. The Bertz CT molecular complexity index is 1410. The molecule has 0 saturated carbocycles. The SMILES string of the molecule is O=C(Nc1ccc2c(c1)N(S(=O)(=O)c1ccc(Cl)cc1)CC2)[C@@H]1CCCN(Cc2c(Cl)cccc2Cl)C1. The van der Waals surface area contributed by atoms with Crippen molar-refractivity contribution in [2.24, 2.45) is 5.92 Å². The van der Waals surface area contributed by atoms with Crippen LogP contribution in [0.1, 0.15) is 24.0 Å². The molecule has 0 unspecified atom stereocenters. The zero-order valence-corrected chi connectivity index (χ0v) is 23.0. The Kier molecular flexibility index (Phi) is 7.70. The van der Waals surface area contributed by atoms with Gasteiger partial charge in [-0.25, -0.2) is 8.42 Å². The Labute approximate surface area is 232 Å². The van der Waals surface area contributed by atoms with Gasteiger partial charge in [0.25, 0.3) is 10.0 Å². The molecule has 2 aliphatic heterocycles. The topological polar surface area (TPSA) is 69.7 Å². The van der Waals surface area contributed by atoms with E-state index in [1.54, 1.807) is 18.2 Å². The number of hydrogen-bond acceptors (Lipinski definition) is 4. The van der Waals surface area contributed by atoms with Crippen molar-refractivity contribution < 1.29 is 13.2 Å². The van der Waals surface area contributed by atoms with Crippen molar-refractivity contribution in [1.82, 2.24) is 4.90 Å². The molecule has 5 rings (SSSR count). The third-order valence-corrected chi connectivity index (χ3v) is 9.71. The summed E-state index contributed by atoms with van der Waals surface area (Å²) in [6, 6.07) is 17.1. The highest BCUT2D eigenvalue weighted by Gasteiger charge is 2.32. The molecule has 0 radical (unpaired) electrons. The molecule has 0 bridgehead atoms. The Morgan fingerprint density at radius 1 is 0.973 bits per heavy atom. The van der Waals surface area contributed by atoms with E-state index in [0.717, 1.165) is 30.5 Å². The molecule has 3 aromatic rings. The fourth-order valence-corrected chi connectivity index (χ4v) is 7.11. The van der Waals surface area contributed by atoms with Gasteiger partial charge in [0.2, 0.25) is 5.91 Å². The molecular formula is C27H26Cl3N3O3S. The zero-order valence-electron chi connectivity index (χ0n) is 20.0. The molecule has 194 valence electrons. The van der Waals surface area contributed by atoms with Gasteiger partial charge in [-0.1, -0.05) is 46.9 Å². The van der Waals surface area contributed by atoms with Gasteiger partial charge in [0.05, 0.1) is 16.5 Å². The van der Waals surface area contributed by atoms with Gasteiger partial charge in [-0.3, -0.25) is 14.0 Å². The number of amides is 1. The number of anilines is 2. The summed E-state index contributed by atoms with van der Waals surface area (Å²) < 4.78 is 28.0. The van der Waals surface area contributed by atoms with E-state index >= 15 is 0 Å². The molecular weight excluding hydrogens is 553 g/mol. The molecule has 0 spiro atoms. The minimum absolute atomic E-state index is 0.0833. The van der Waals surface area contributed by atoms with Crippen molar-refractivity contribution in [3.05, 3.63) is 86.9 Å². The summed E-state index contributed by atoms with van der Waals surface area (Å²) in [5.74, 6) is -0.280. The highest BCUT2D eigenvalue weighted by atomic mass is 35.5. The molecule has 6 nitrogen and oxygen atoms in total. The van der Waals surface area contributed by atoms with Crippen LogP contribution in [0.5, 0.6) is 0 Å². The summed E-state index contributed by atoms with van der Waals surface area (Å²) in [5, 5.41) is 4.73. The molecule has 1 fully saturated rings. The molecule has 37 heavy (non-hydrogen) atoms. The summed E-state index contributed by atoms with van der Waals surface area (Å²) in [4.78, 5) is 15.6. The summed E-state index contributed by atoms with van der Waals surface area (Å²) in [7, 11) is -3.74. The molecule has 10 heteroatoms. The number of hydrogen-bond donors (Lipinski definition) is 1. The Morgan fingerprint density at radius 3 is 2.43 bits per heavy atom. The van der Waals surface area contributed by atoms with Crippen LogP contribution in [0.3, 0.4) is 0 Å². The average molecular weight is 579 g/mol. The Hall–Kier alpha value is -2.29. The first-order valence-electron chi connectivity index (χ1n) is 12.1. The lowest BCUT2D eigenvalue weighted by molar-refractivity contribution is -0.121. The van der Waals surface area contributed by atoms with E-state index in [1.165, 1.54) is 16.4 Å². The van der Waals surface area contributed by atoms with Gasteiger partial charge in [0.1, 0.15) is 0 Å². The smallest absolute Gasteiger partial charge is 0.264 e. The number of sulfonamides is 1. The van der Waals surface area contributed by atoms with E-state index in [4.69, 9.17) is 34.8 Å². The highest BCUT2D eigenvalue weighted by molar-refractivity contribution is 7.92. The van der Waals surface area contributed by atoms with Crippen LogP contribution in [0, 0.1) is 5.92 Å². The molecule has 1 N–H and O–H groups in total. The van der Waals surface area contributed by atoms with Crippen LogP contribution >= 0.6 is 34.8 Å². The maximum atomic E-state index is 13.3. The first kappa shape index (κ1) is 26.3. The van der Waals surface area contributed by atoms with E-state index < -0.39 is 10.0 Å². The van der Waals surface area contributed by atoms with Crippen LogP contribution in [0.25, 0.3) is 0 Å². The summed E-state index contributed by atoms with van der Waals surface area (Å²) in [6.07, 6.45) is 2.27. The van der Waals surface area contributed by atoms with Gasteiger partial charge in [0, 0.05) is 46.0 Å². The van der Waals surface area contributed by atoms with Gasteiger partial charge in [-0.05, 0) is 79.9 Å². The number of carbonyl (C=O) groups excluding carboxylic acids is 1. The second-order valence-corrected chi connectivity index (χ2v) is 12.5. The molecule has 3 aromatic carbocycles. The fourth-order valence-electron chi connectivity index (χ4n) is 4.98. The molecule has 2 aliphatic rings. The lowest BCUT2D eigenvalue weighted by Gasteiger charge is -2.32. The second kappa shape index (κ2) is 10.8. The van der Waals surface area contributed by atoms with Crippen LogP contribution in [0.2, 0.25) is 15.1 Å². The molecule has 1 atom stereocenters. The van der Waals surface area contributed by atoms with Gasteiger partial charge in [-0.2, -0.15) is 0 Å². The van der Waals surface area contributed by atoms with E-state index in [0.29, 0.717) is 52.5 Å². The lowest BCUT2D eigenvalue weighted by atomic mass is 9.96. The van der Waals surface area contributed by atoms with Crippen molar-refractivity contribution in [3.63, 3.8) is 0 Å². The highest BCUT2D eigenvalue weighted by Crippen LogP contribution is 2.36. The predicted molar refractivity (Wildman–Crippen MR) is 149 cm³/mol. The number of nitrogens with zero attached hydrogens (tertiary/aromatic N) is 2. The van der Waals surface area contributed by atoms with Crippen LogP contribution < -0.4 is 9.62 Å². The lowest BCUT2D eigenvalue weighted by Crippen LogP contribution is -2.40. The van der Waals surface area contributed by atoms with E-state index in [-0.39, 0.29) is 16.7 Å². The van der Waals surface area contributed by atoms with Gasteiger partial charge in [0.15, 0.2) is 0 Å². The number of fused-ring (bicyclic) bond motifs is 1. The quantitative estimate of drug-likeness (QED) is 0.375. The largest absolute Gasteiger partial charge is 0.326 e. The number of nitrogens with one attached hydrogen (secondary N) is 1. The molecule has 2 heterocycles. The first-order valence-corrected chi connectivity index (χ1v) is 14.7. The minimum atomic E-state index is -3.74. The molecule has 0 aliphatic carbocycles. The van der Waals surface area contributed by atoms with Gasteiger partial charge in [-0.15, -0.1) is 0 Å². The van der Waals surface area contributed by atoms with Gasteiger partial charge >= 0.3 is 0 Å². The summed E-state index contributed by atoms with van der Waals surface area (Å²) in [6.45, 7) is 2.38. The van der Waals surface area contributed by atoms with Gasteiger partial charge < -0.3 is 5.32 Å². The number of halogens is 3. The maximum Gasteiger partial charge on any atom is 0.264 e. The monoisotopic (exact) mass is 577 g/mol. The fraction of sp³-hybridized carbons (Fsp3) is 0.296. The minimum Gasteiger partial charge on any atom is -0.326 e.